The van der Waals surface area contributed by atoms with Gasteiger partial charge in [-0.25, -0.2) is 0 Å². The third-order valence-electron chi connectivity index (χ3n) is 6.80. The Morgan fingerprint density at radius 2 is 1.38 bits per heavy atom. The van der Waals surface area contributed by atoms with Crippen molar-refractivity contribution in [2.75, 3.05) is 26.2 Å². The summed E-state index contributed by atoms with van der Waals surface area (Å²) in [6, 6.07) is 9.68. The van der Waals surface area contributed by atoms with Crippen LogP contribution in [0.15, 0.2) is 30.3 Å². The Labute approximate surface area is 175 Å². The topological polar surface area (TPSA) is 66.6 Å². The summed E-state index contributed by atoms with van der Waals surface area (Å²) in [4.78, 5) is 30.4. The highest BCUT2D eigenvalue weighted by Crippen LogP contribution is 2.30. The minimum atomic E-state index is -0.622. The van der Waals surface area contributed by atoms with E-state index in [9.17, 15) is 9.59 Å². The van der Waals surface area contributed by atoms with E-state index in [0.717, 1.165) is 58.3 Å². The van der Waals surface area contributed by atoms with Crippen LogP contribution >= 0.6 is 0 Å². The summed E-state index contributed by atoms with van der Waals surface area (Å²) in [6.07, 6.45) is 6.23. The van der Waals surface area contributed by atoms with Gasteiger partial charge < -0.3 is 15.5 Å². The second kappa shape index (κ2) is 10.2. The zero-order chi connectivity index (χ0) is 20.8. The van der Waals surface area contributed by atoms with Crippen LogP contribution in [0.5, 0.6) is 0 Å². The Morgan fingerprint density at radius 3 is 1.97 bits per heavy atom. The summed E-state index contributed by atoms with van der Waals surface area (Å²) in [5.74, 6) is -0.0994. The summed E-state index contributed by atoms with van der Waals surface area (Å²) >= 11 is 0. The number of hydrogen-bond donors (Lipinski definition) is 1. The highest BCUT2D eigenvalue weighted by atomic mass is 16.2. The lowest BCUT2D eigenvalue weighted by Gasteiger charge is -2.37. The molecule has 0 radical (unpaired) electrons. The molecular weight excluding hydrogens is 362 g/mol. The zero-order valence-electron chi connectivity index (χ0n) is 18.1. The Kier molecular flexibility index (Phi) is 7.70. The summed E-state index contributed by atoms with van der Waals surface area (Å²) < 4.78 is 0. The van der Waals surface area contributed by atoms with Crippen LogP contribution in [0, 0.1) is 17.8 Å². The fraction of sp³-hybridized carbons (Fsp3) is 0.667. The van der Waals surface area contributed by atoms with Crippen molar-refractivity contribution < 1.29 is 9.59 Å². The molecule has 2 amide bonds. The molecular formula is C24H37N3O2. The van der Waals surface area contributed by atoms with Crippen molar-refractivity contribution in [2.45, 2.75) is 58.4 Å². The van der Waals surface area contributed by atoms with E-state index in [1.807, 2.05) is 34.9 Å². The van der Waals surface area contributed by atoms with Gasteiger partial charge in [-0.3, -0.25) is 9.59 Å². The number of carbonyl (C=O) groups is 2. The van der Waals surface area contributed by atoms with Gasteiger partial charge in [0.15, 0.2) is 0 Å². The van der Waals surface area contributed by atoms with Crippen LogP contribution in [0.3, 0.4) is 0 Å². The van der Waals surface area contributed by atoms with Gasteiger partial charge in [-0.2, -0.15) is 0 Å². The highest BCUT2D eigenvalue weighted by molar-refractivity contribution is 5.85. The van der Waals surface area contributed by atoms with Gasteiger partial charge in [0.1, 0.15) is 0 Å². The second-order valence-electron chi connectivity index (χ2n) is 9.00. The SMILES string of the molecule is CC(Cc1ccccc1)C(C(=O)N1CCCC1)C(C)C(N)C(=O)N1CCCCC1. The first-order valence-corrected chi connectivity index (χ1v) is 11.4. The van der Waals surface area contributed by atoms with Gasteiger partial charge in [0, 0.05) is 32.1 Å². The molecule has 3 rings (SSSR count). The first-order valence-electron chi connectivity index (χ1n) is 11.4. The van der Waals surface area contributed by atoms with E-state index >= 15 is 0 Å². The molecule has 5 nitrogen and oxygen atoms in total. The van der Waals surface area contributed by atoms with Gasteiger partial charge in [0.05, 0.1) is 6.04 Å². The first kappa shape index (κ1) is 21.8. The summed E-state index contributed by atoms with van der Waals surface area (Å²) in [5.41, 5.74) is 7.72. The molecule has 160 valence electrons. The monoisotopic (exact) mass is 399 g/mol. The van der Waals surface area contributed by atoms with Gasteiger partial charge in [0.2, 0.25) is 11.8 Å². The van der Waals surface area contributed by atoms with Gasteiger partial charge in [-0.1, -0.05) is 44.2 Å². The normalized spacial score (nSPS) is 21.5. The predicted octanol–water partition coefficient (Wildman–Crippen LogP) is 3.08. The van der Waals surface area contributed by atoms with Gasteiger partial charge in [-0.05, 0) is 55.9 Å². The maximum Gasteiger partial charge on any atom is 0.239 e. The van der Waals surface area contributed by atoms with Crippen LogP contribution in [-0.2, 0) is 16.0 Å². The third kappa shape index (κ3) is 5.39. The predicted molar refractivity (Wildman–Crippen MR) is 116 cm³/mol. The molecule has 1 aromatic rings. The zero-order valence-corrected chi connectivity index (χ0v) is 18.1. The molecule has 2 aliphatic rings. The molecule has 2 saturated heterocycles. The smallest absolute Gasteiger partial charge is 0.239 e. The molecule has 4 unspecified atom stereocenters. The number of piperidine rings is 1. The van der Waals surface area contributed by atoms with E-state index in [1.165, 1.54) is 12.0 Å². The molecule has 2 heterocycles. The molecule has 0 saturated carbocycles. The number of carbonyl (C=O) groups excluding carboxylic acids is 2. The molecule has 1 aromatic carbocycles. The number of nitrogens with zero attached hydrogens (tertiary/aromatic N) is 2. The Hall–Kier alpha value is -1.88. The van der Waals surface area contributed by atoms with Crippen LogP contribution in [0.1, 0.15) is 51.5 Å². The van der Waals surface area contributed by atoms with E-state index in [0.29, 0.717) is 0 Å². The first-order chi connectivity index (χ1) is 14.0. The summed E-state index contributed by atoms with van der Waals surface area (Å²) in [7, 11) is 0. The van der Waals surface area contributed by atoms with E-state index in [-0.39, 0.29) is 29.6 Å². The maximum atomic E-state index is 13.5. The lowest BCUT2D eigenvalue weighted by molar-refractivity contribution is -0.141. The Bertz CT molecular complexity index is 666. The second-order valence-corrected chi connectivity index (χ2v) is 9.00. The molecule has 2 N–H and O–H groups in total. The maximum absolute atomic E-state index is 13.5. The minimum absolute atomic E-state index is 0.0170. The third-order valence-corrected chi connectivity index (χ3v) is 6.80. The van der Waals surface area contributed by atoms with Gasteiger partial charge in [0.25, 0.3) is 0 Å². The van der Waals surface area contributed by atoms with Crippen molar-refractivity contribution in [3.8, 4) is 0 Å². The molecule has 5 heteroatoms. The van der Waals surface area contributed by atoms with Crippen LogP contribution < -0.4 is 5.73 Å². The van der Waals surface area contributed by atoms with Crippen molar-refractivity contribution in [1.29, 1.82) is 0 Å². The van der Waals surface area contributed by atoms with E-state index in [1.54, 1.807) is 0 Å². The number of nitrogens with two attached hydrogens (primary N) is 1. The standard InChI is InChI=1S/C24H37N3O2/c1-18(17-20-11-5-3-6-12-20)21(23(28)26-15-9-10-16-26)19(2)22(25)24(29)27-13-7-4-8-14-27/h3,5-6,11-12,18-19,21-22H,4,7-10,13-17,25H2,1-2H3. The van der Waals surface area contributed by atoms with Gasteiger partial charge >= 0.3 is 0 Å². The molecule has 0 aromatic heterocycles. The molecule has 2 fully saturated rings. The number of likely N-dealkylation sites (tertiary alicyclic amines) is 2. The average Bonchev–Trinajstić information content (AvgIpc) is 3.29. The molecule has 0 bridgehead atoms. The van der Waals surface area contributed by atoms with E-state index in [2.05, 4.69) is 19.1 Å². The Morgan fingerprint density at radius 1 is 0.862 bits per heavy atom. The summed E-state index contributed by atoms with van der Waals surface area (Å²) in [5, 5.41) is 0. The molecule has 4 atom stereocenters. The number of amides is 2. The lowest BCUT2D eigenvalue weighted by atomic mass is 9.76. The molecule has 2 aliphatic heterocycles. The van der Waals surface area contributed by atoms with Crippen molar-refractivity contribution >= 4 is 11.8 Å². The van der Waals surface area contributed by atoms with Crippen LogP contribution in [0.25, 0.3) is 0 Å². The van der Waals surface area contributed by atoms with E-state index < -0.39 is 6.04 Å². The van der Waals surface area contributed by atoms with Crippen LogP contribution in [-0.4, -0.2) is 53.8 Å². The van der Waals surface area contributed by atoms with Crippen molar-refractivity contribution in [1.82, 2.24) is 9.80 Å². The van der Waals surface area contributed by atoms with E-state index in [4.69, 9.17) is 5.73 Å². The number of rotatable bonds is 7. The quantitative estimate of drug-likeness (QED) is 0.766. The fourth-order valence-electron chi connectivity index (χ4n) is 5.02. The molecule has 29 heavy (non-hydrogen) atoms. The highest BCUT2D eigenvalue weighted by Gasteiger charge is 2.40. The van der Waals surface area contributed by atoms with Crippen LogP contribution in [0.4, 0.5) is 0 Å². The Balaban J connectivity index is 1.76. The largest absolute Gasteiger partial charge is 0.342 e. The van der Waals surface area contributed by atoms with Crippen molar-refractivity contribution in [3.05, 3.63) is 35.9 Å². The van der Waals surface area contributed by atoms with Crippen LogP contribution in [0.2, 0.25) is 0 Å². The minimum Gasteiger partial charge on any atom is -0.342 e. The fourth-order valence-corrected chi connectivity index (χ4v) is 5.02. The average molecular weight is 400 g/mol. The number of benzene rings is 1. The van der Waals surface area contributed by atoms with Gasteiger partial charge in [-0.15, -0.1) is 0 Å². The molecule has 0 aliphatic carbocycles. The summed E-state index contributed by atoms with van der Waals surface area (Å²) in [6.45, 7) is 7.39. The van der Waals surface area contributed by atoms with Crippen molar-refractivity contribution in [3.63, 3.8) is 0 Å². The van der Waals surface area contributed by atoms with Crippen molar-refractivity contribution in [2.24, 2.45) is 23.5 Å². The lowest BCUT2D eigenvalue weighted by Crippen LogP contribution is -2.53. The molecule has 0 spiro atoms. The number of hydrogen-bond acceptors (Lipinski definition) is 3.